The summed E-state index contributed by atoms with van der Waals surface area (Å²) < 4.78 is 26.2. The first-order valence-electron chi connectivity index (χ1n) is 11.0. The number of nitrogens with zero attached hydrogens (tertiary/aromatic N) is 2. The fraction of sp³-hybridized carbons (Fsp3) is 0.417. The lowest BCUT2D eigenvalue weighted by atomic mass is 10.1. The normalized spacial score (nSPS) is 12.2. The van der Waals surface area contributed by atoms with E-state index < -0.39 is 28.5 Å². The Hall–Kier alpha value is -2.29. The van der Waals surface area contributed by atoms with Crippen molar-refractivity contribution in [3.05, 3.63) is 63.6 Å². The Kier molecular flexibility index (Phi) is 10.2. The van der Waals surface area contributed by atoms with Gasteiger partial charge in [-0.05, 0) is 55.7 Å². The molecule has 0 aliphatic rings. The molecule has 2 rings (SSSR count). The number of unbranched alkanes of at least 4 members (excludes halogenated alkanes) is 1. The predicted octanol–water partition coefficient (Wildman–Crippen LogP) is 4.40. The molecule has 1 N–H and O–H groups in total. The van der Waals surface area contributed by atoms with Gasteiger partial charge in [0.15, 0.2) is 0 Å². The summed E-state index contributed by atoms with van der Waals surface area (Å²) in [5.41, 5.74) is 1.82. The Balaban J connectivity index is 2.38. The molecule has 186 valence electrons. The van der Waals surface area contributed by atoms with Crippen LogP contribution in [0.4, 0.5) is 5.69 Å². The summed E-state index contributed by atoms with van der Waals surface area (Å²) in [6, 6.07) is 10.9. The number of amides is 2. The first kappa shape index (κ1) is 28.0. The zero-order chi connectivity index (χ0) is 25.5. The van der Waals surface area contributed by atoms with E-state index in [1.54, 1.807) is 43.3 Å². The van der Waals surface area contributed by atoms with Crippen LogP contribution in [0.1, 0.15) is 37.8 Å². The molecule has 7 nitrogen and oxygen atoms in total. The molecule has 0 bridgehead atoms. The number of nitrogens with one attached hydrogen (secondary N) is 1. The predicted molar refractivity (Wildman–Crippen MR) is 138 cm³/mol. The number of anilines is 1. The number of carbonyl (C=O) groups is 2. The van der Waals surface area contributed by atoms with E-state index in [2.05, 4.69) is 5.32 Å². The van der Waals surface area contributed by atoms with Gasteiger partial charge in [0.2, 0.25) is 21.8 Å². The van der Waals surface area contributed by atoms with Crippen LogP contribution in [0.15, 0.2) is 42.5 Å². The molecular weight excluding hydrogens is 497 g/mol. The Bertz CT molecular complexity index is 1120. The molecule has 0 aliphatic heterocycles. The van der Waals surface area contributed by atoms with Gasteiger partial charge in [0.25, 0.3) is 0 Å². The summed E-state index contributed by atoms with van der Waals surface area (Å²) in [6.45, 7) is 5.51. The van der Waals surface area contributed by atoms with Crippen LogP contribution in [-0.4, -0.2) is 50.5 Å². The molecule has 10 heteroatoms. The smallest absolute Gasteiger partial charge is 0.244 e. The molecule has 0 heterocycles. The van der Waals surface area contributed by atoms with Gasteiger partial charge < -0.3 is 10.2 Å². The third-order valence-electron chi connectivity index (χ3n) is 5.32. The number of rotatable bonds is 11. The van der Waals surface area contributed by atoms with Crippen LogP contribution in [0.3, 0.4) is 0 Å². The Morgan fingerprint density at radius 1 is 1.12 bits per heavy atom. The molecule has 0 unspecified atom stereocenters. The molecular formula is C24H31Cl2N3O4S. The average molecular weight is 529 g/mol. The molecule has 0 saturated heterocycles. The Morgan fingerprint density at radius 2 is 1.82 bits per heavy atom. The summed E-state index contributed by atoms with van der Waals surface area (Å²) in [6.07, 6.45) is 2.77. The second-order valence-corrected chi connectivity index (χ2v) is 10.9. The van der Waals surface area contributed by atoms with Crippen LogP contribution in [0.25, 0.3) is 0 Å². The molecule has 2 aromatic carbocycles. The van der Waals surface area contributed by atoms with Crippen molar-refractivity contribution in [1.29, 1.82) is 0 Å². The van der Waals surface area contributed by atoms with E-state index in [0.717, 1.165) is 29.0 Å². The largest absolute Gasteiger partial charge is 0.354 e. The molecule has 1 atom stereocenters. The molecule has 34 heavy (non-hydrogen) atoms. The van der Waals surface area contributed by atoms with E-state index in [-0.39, 0.29) is 12.5 Å². The fourth-order valence-corrected chi connectivity index (χ4v) is 4.66. The molecule has 0 aliphatic carbocycles. The Morgan fingerprint density at radius 3 is 2.41 bits per heavy atom. The van der Waals surface area contributed by atoms with Crippen LogP contribution >= 0.6 is 23.2 Å². The molecule has 0 fully saturated rings. The number of aryl methyl sites for hydroxylation is 1. The minimum absolute atomic E-state index is 0.0165. The van der Waals surface area contributed by atoms with Gasteiger partial charge in [0.1, 0.15) is 12.6 Å². The third-order valence-corrected chi connectivity index (χ3v) is 7.05. The molecule has 0 saturated carbocycles. The molecule has 2 amide bonds. The van der Waals surface area contributed by atoms with Crippen molar-refractivity contribution in [2.45, 2.75) is 46.2 Å². The van der Waals surface area contributed by atoms with E-state index in [0.29, 0.717) is 27.8 Å². The van der Waals surface area contributed by atoms with Crippen molar-refractivity contribution < 1.29 is 18.0 Å². The summed E-state index contributed by atoms with van der Waals surface area (Å²) >= 11 is 12.3. The lowest BCUT2D eigenvalue weighted by Gasteiger charge is -2.31. The zero-order valence-electron chi connectivity index (χ0n) is 19.8. The van der Waals surface area contributed by atoms with Crippen LogP contribution in [-0.2, 0) is 26.2 Å². The van der Waals surface area contributed by atoms with Gasteiger partial charge >= 0.3 is 0 Å². The van der Waals surface area contributed by atoms with Crippen molar-refractivity contribution in [2.75, 3.05) is 23.7 Å². The van der Waals surface area contributed by atoms with Crippen LogP contribution < -0.4 is 9.62 Å². The summed E-state index contributed by atoms with van der Waals surface area (Å²) in [5.74, 6) is -0.857. The fourth-order valence-electron chi connectivity index (χ4n) is 3.35. The number of carbonyl (C=O) groups excluding carboxylic acids is 2. The van der Waals surface area contributed by atoms with Gasteiger partial charge in [0.05, 0.1) is 11.9 Å². The molecule has 0 radical (unpaired) electrons. The highest BCUT2D eigenvalue weighted by atomic mass is 35.5. The summed E-state index contributed by atoms with van der Waals surface area (Å²) in [5, 5.41) is 3.63. The monoisotopic (exact) mass is 527 g/mol. The van der Waals surface area contributed by atoms with E-state index in [4.69, 9.17) is 23.2 Å². The quantitative estimate of drug-likeness (QED) is 0.438. The molecule has 0 aromatic heterocycles. The highest BCUT2D eigenvalue weighted by Gasteiger charge is 2.30. The lowest BCUT2D eigenvalue weighted by Crippen LogP contribution is -2.51. The Labute approximate surface area is 212 Å². The van der Waals surface area contributed by atoms with Crippen molar-refractivity contribution >= 4 is 50.7 Å². The van der Waals surface area contributed by atoms with Crippen molar-refractivity contribution in [1.82, 2.24) is 10.2 Å². The summed E-state index contributed by atoms with van der Waals surface area (Å²) in [7, 11) is -3.77. The molecule has 2 aromatic rings. The minimum Gasteiger partial charge on any atom is -0.354 e. The highest BCUT2D eigenvalue weighted by molar-refractivity contribution is 7.92. The number of hydrogen-bond donors (Lipinski definition) is 1. The maximum atomic E-state index is 13.5. The number of hydrogen-bond acceptors (Lipinski definition) is 4. The van der Waals surface area contributed by atoms with Gasteiger partial charge in [-0.2, -0.15) is 0 Å². The van der Waals surface area contributed by atoms with E-state index >= 15 is 0 Å². The molecule has 0 spiro atoms. The topological polar surface area (TPSA) is 86.8 Å². The second kappa shape index (κ2) is 12.4. The van der Waals surface area contributed by atoms with Crippen LogP contribution in [0, 0.1) is 6.92 Å². The number of halogens is 2. The average Bonchev–Trinajstić information content (AvgIpc) is 2.75. The van der Waals surface area contributed by atoms with E-state index in [1.807, 2.05) is 19.9 Å². The summed E-state index contributed by atoms with van der Waals surface area (Å²) in [4.78, 5) is 27.6. The third kappa shape index (κ3) is 7.89. The van der Waals surface area contributed by atoms with Gasteiger partial charge in [0, 0.05) is 23.1 Å². The first-order chi connectivity index (χ1) is 15.9. The maximum Gasteiger partial charge on any atom is 0.244 e. The zero-order valence-corrected chi connectivity index (χ0v) is 22.2. The van der Waals surface area contributed by atoms with Crippen LogP contribution in [0.5, 0.6) is 0 Å². The van der Waals surface area contributed by atoms with Gasteiger partial charge in [-0.15, -0.1) is 0 Å². The van der Waals surface area contributed by atoms with Gasteiger partial charge in [-0.3, -0.25) is 13.9 Å². The van der Waals surface area contributed by atoms with E-state index in [1.165, 1.54) is 4.90 Å². The minimum atomic E-state index is -3.77. The second-order valence-electron chi connectivity index (χ2n) is 8.19. The van der Waals surface area contributed by atoms with Crippen molar-refractivity contribution in [3.8, 4) is 0 Å². The first-order valence-corrected chi connectivity index (χ1v) is 13.6. The standard InChI is InChI=1S/C24H31Cl2N3O4S/c1-5-6-12-27-24(31)18(3)28(15-19-10-11-20(25)14-22(19)26)23(30)16-29(34(4,32)33)21-9-7-8-17(2)13-21/h7-11,13-14,18H,5-6,12,15-16H2,1-4H3,(H,27,31)/t18-/m1/s1. The van der Waals surface area contributed by atoms with Crippen molar-refractivity contribution in [2.24, 2.45) is 0 Å². The maximum absolute atomic E-state index is 13.5. The van der Waals surface area contributed by atoms with Gasteiger partial charge in [-0.25, -0.2) is 8.42 Å². The lowest BCUT2D eigenvalue weighted by molar-refractivity contribution is -0.139. The highest BCUT2D eigenvalue weighted by Crippen LogP contribution is 2.24. The number of benzene rings is 2. The van der Waals surface area contributed by atoms with Crippen LogP contribution in [0.2, 0.25) is 10.0 Å². The van der Waals surface area contributed by atoms with Crippen molar-refractivity contribution in [3.63, 3.8) is 0 Å². The number of sulfonamides is 1. The van der Waals surface area contributed by atoms with E-state index in [9.17, 15) is 18.0 Å². The van der Waals surface area contributed by atoms with Gasteiger partial charge in [-0.1, -0.05) is 54.7 Å². The SMILES string of the molecule is CCCCNC(=O)[C@@H](C)N(Cc1ccc(Cl)cc1Cl)C(=O)CN(c1cccc(C)c1)S(C)(=O)=O.